The van der Waals surface area contributed by atoms with Crippen molar-refractivity contribution in [1.29, 1.82) is 0 Å². The number of hydrogen-bond donors (Lipinski definition) is 0. The number of fused-ring (bicyclic) bond motifs is 1. The number of halogens is 1. The van der Waals surface area contributed by atoms with Gasteiger partial charge in [0.2, 0.25) is 0 Å². The van der Waals surface area contributed by atoms with Crippen LogP contribution < -0.4 is 0 Å². The van der Waals surface area contributed by atoms with Crippen molar-refractivity contribution in [2.24, 2.45) is 5.92 Å². The summed E-state index contributed by atoms with van der Waals surface area (Å²) in [6.45, 7) is 4.38. The minimum atomic E-state index is 0.635. The Morgan fingerprint density at radius 2 is 2.29 bits per heavy atom. The van der Waals surface area contributed by atoms with Gasteiger partial charge in [0.1, 0.15) is 5.65 Å². The van der Waals surface area contributed by atoms with Gasteiger partial charge in [-0.3, -0.25) is 0 Å². The summed E-state index contributed by atoms with van der Waals surface area (Å²) in [5, 5.41) is 0.735. The Morgan fingerprint density at radius 3 is 3.00 bits per heavy atom. The number of pyridine rings is 1. The first kappa shape index (κ1) is 9.53. The molecule has 0 aliphatic heterocycles. The smallest absolute Gasteiger partial charge is 0.138 e. The highest BCUT2D eigenvalue weighted by molar-refractivity contribution is 6.30. The first-order valence-electron chi connectivity index (χ1n) is 4.78. The van der Waals surface area contributed by atoms with E-state index in [2.05, 4.69) is 25.0 Å². The molecule has 2 aromatic rings. The molecule has 0 aliphatic rings. The number of aromatic nitrogens is 2. The summed E-state index contributed by atoms with van der Waals surface area (Å²) < 4.78 is 2.00. The molecule has 0 atom stereocenters. The van der Waals surface area contributed by atoms with Gasteiger partial charge in [0, 0.05) is 17.4 Å². The highest BCUT2D eigenvalue weighted by atomic mass is 35.5. The van der Waals surface area contributed by atoms with Gasteiger partial charge in [-0.15, -0.1) is 0 Å². The molecule has 74 valence electrons. The largest absolute Gasteiger partial charge is 0.307 e. The van der Waals surface area contributed by atoms with Crippen molar-refractivity contribution in [2.75, 3.05) is 0 Å². The van der Waals surface area contributed by atoms with Gasteiger partial charge in [0.05, 0.1) is 5.69 Å². The molecule has 2 rings (SSSR count). The Labute approximate surface area is 88.5 Å². The topological polar surface area (TPSA) is 17.3 Å². The Balaban J connectivity index is 2.41. The third-order valence-corrected chi connectivity index (χ3v) is 2.32. The fourth-order valence-electron chi connectivity index (χ4n) is 1.53. The normalized spacial score (nSPS) is 11.4. The van der Waals surface area contributed by atoms with E-state index in [1.165, 1.54) is 0 Å². The predicted octanol–water partition coefficient (Wildman–Crippen LogP) is 3.19. The molecular formula is C11H13ClN2. The summed E-state index contributed by atoms with van der Waals surface area (Å²) in [5.74, 6) is 0.635. The Bertz CT molecular complexity index is 445. The maximum absolute atomic E-state index is 5.88. The zero-order valence-electron chi connectivity index (χ0n) is 8.37. The van der Waals surface area contributed by atoms with Crippen molar-refractivity contribution < 1.29 is 0 Å². The maximum Gasteiger partial charge on any atom is 0.138 e. The standard InChI is InChI=1S/C11H13ClN2/c1-8(2)5-10-7-14-4-3-9(12)6-11(14)13-10/h3-4,6-8H,5H2,1-2H3. The van der Waals surface area contributed by atoms with Crippen molar-refractivity contribution in [2.45, 2.75) is 20.3 Å². The molecular weight excluding hydrogens is 196 g/mol. The number of imidazole rings is 1. The van der Waals surface area contributed by atoms with Crippen LogP contribution in [0.4, 0.5) is 0 Å². The van der Waals surface area contributed by atoms with Crippen molar-refractivity contribution in [3.05, 3.63) is 35.2 Å². The molecule has 2 heterocycles. The van der Waals surface area contributed by atoms with E-state index in [4.69, 9.17) is 11.6 Å². The third-order valence-electron chi connectivity index (χ3n) is 2.09. The molecule has 0 fully saturated rings. The molecule has 0 amide bonds. The molecule has 0 bridgehead atoms. The molecule has 14 heavy (non-hydrogen) atoms. The zero-order chi connectivity index (χ0) is 10.1. The Kier molecular flexibility index (Phi) is 2.46. The van der Waals surface area contributed by atoms with Crippen LogP contribution in [0.2, 0.25) is 5.02 Å². The van der Waals surface area contributed by atoms with E-state index in [-0.39, 0.29) is 0 Å². The first-order valence-corrected chi connectivity index (χ1v) is 5.16. The van der Waals surface area contributed by atoms with Crippen LogP contribution in [0.25, 0.3) is 5.65 Å². The average Bonchev–Trinajstić information content (AvgIpc) is 2.44. The van der Waals surface area contributed by atoms with Gasteiger partial charge >= 0.3 is 0 Å². The van der Waals surface area contributed by atoms with E-state index in [1.807, 2.05) is 22.7 Å². The summed E-state index contributed by atoms with van der Waals surface area (Å²) >= 11 is 5.88. The van der Waals surface area contributed by atoms with Crippen molar-refractivity contribution in [1.82, 2.24) is 9.38 Å². The molecule has 0 saturated carbocycles. The summed E-state index contributed by atoms with van der Waals surface area (Å²) in [4.78, 5) is 4.49. The Morgan fingerprint density at radius 1 is 1.50 bits per heavy atom. The molecule has 0 saturated heterocycles. The fourth-order valence-corrected chi connectivity index (χ4v) is 1.68. The molecule has 2 nitrogen and oxygen atoms in total. The van der Waals surface area contributed by atoms with Crippen molar-refractivity contribution in [3.8, 4) is 0 Å². The highest BCUT2D eigenvalue weighted by Crippen LogP contribution is 2.14. The summed E-state index contributed by atoms with van der Waals surface area (Å²) in [6.07, 6.45) is 5.01. The molecule has 2 aromatic heterocycles. The van der Waals surface area contributed by atoms with Gasteiger partial charge in [0.15, 0.2) is 0 Å². The van der Waals surface area contributed by atoms with Gasteiger partial charge in [-0.1, -0.05) is 25.4 Å². The van der Waals surface area contributed by atoms with Gasteiger partial charge in [-0.05, 0) is 24.5 Å². The van der Waals surface area contributed by atoms with E-state index in [1.54, 1.807) is 0 Å². The van der Waals surface area contributed by atoms with Gasteiger partial charge in [-0.25, -0.2) is 4.98 Å². The SMILES string of the molecule is CC(C)Cc1cn2ccc(Cl)cc2n1. The number of nitrogens with zero attached hydrogens (tertiary/aromatic N) is 2. The fraction of sp³-hybridized carbons (Fsp3) is 0.364. The van der Waals surface area contributed by atoms with Crippen LogP contribution in [-0.4, -0.2) is 9.38 Å². The monoisotopic (exact) mass is 208 g/mol. The van der Waals surface area contributed by atoms with E-state index < -0.39 is 0 Å². The molecule has 3 heteroatoms. The van der Waals surface area contributed by atoms with E-state index in [0.29, 0.717) is 5.92 Å². The van der Waals surface area contributed by atoms with E-state index >= 15 is 0 Å². The summed E-state index contributed by atoms with van der Waals surface area (Å²) in [6, 6.07) is 3.75. The molecule has 0 radical (unpaired) electrons. The lowest BCUT2D eigenvalue weighted by Crippen LogP contribution is -1.93. The second-order valence-corrected chi connectivity index (χ2v) is 4.38. The lowest BCUT2D eigenvalue weighted by atomic mass is 10.1. The number of hydrogen-bond acceptors (Lipinski definition) is 1. The lowest BCUT2D eigenvalue weighted by Gasteiger charge is -1.97. The average molecular weight is 209 g/mol. The second kappa shape index (κ2) is 3.62. The number of rotatable bonds is 2. The van der Waals surface area contributed by atoms with E-state index in [0.717, 1.165) is 22.8 Å². The minimum absolute atomic E-state index is 0.635. The zero-order valence-corrected chi connectivity index (χ0v) is 9.12. The third kappa shape index (κ3) is 1.90. The van der Waals surface area contributed by atoms with E-state index in [9.17, 15) is 0 Å². The molecule has 0 spiro atoms. The summed E-state index contributed by atoms with van der Waals surface area (Å²) in [7, 11) is 0. The first-order chi connectivity index (χ1) is 6.65. The minimum Gasteiger partial charge on any atom is -0.307 e. The van der Waals surface area contributed by atoms with Crippen molar-refractivity contribution >= 4 is 17.2 Å². The highest BCUT2D eigenvalue weighted by Gasteiger charge is 2.03. The second-order valence-electron chi connectivity index (χ2n) is 3.94. The molecule has 0 aromatic carbocycles. The van der Waals surface area contributed by atoms with Gasteiger partial charge in [0.25, 0.3) is 0 Å². The molecule has 0 N–H and O–H groups in total. The maximum atomic E-state index is 5.88. The van der Waals surface area contributed by atoms with Crippen LogP contribution in [0.3, 0.4) is 0 Å². The van der Waals surface area contributed by atoms with Gasteiger partial charge in [-0.2, -0.15) is 0 Å². The van der Waals surface area contributed by atoms with Crippen molar-refractivity contribution in [3.63, 3.8) is 0 Å². The van der Waals surface area contributed by atoms with Crippen LogP contribution >= 0.6 is 11.6 Å². The van der Waals surface area contributed by atoms with Crippen LogP contribution in [0.5, 0.6) is 0 Å². The van der Waals surface area contributed by atoms with Crippen LogP contribution in [0, 0.1) is 5.92 Å². The van der Waals surface area contributed by atoms with Gasteiger partial charge < -0.3 is 4.40 Å². The quantitative estimate of drug-likeness (QED) is 0.741. The van der Waals surface area contributed by atoms with Crippen LogP contribution in [-0.2, 0) is 6.42 Å². The molecule has 0 aliphatic carbocycles. The van der Waals surface area contributed by atoms with Crippen LogP contribution in [0.1, 0.15) is 19.5 Å². The Hall–Kier alpha value is -1.02. The predicted molar refractivity (Wildman–Crippen MR) is 58.7 cm³/mol. The lowest BCUT2D eigenvalue weighted by molar-refractivity contribution is 0.638. The van der Waals surface area contributed by atoms with Crippen LogP contribution in [0.15, 0.2) is 24.5 Å². The molecule has 0 unspecified atom stereocenters. The summed E-state index contributed by atoms with van der Waals surface area (Å²) in [5.41, 5.74) is 2.05.